The number of ether oxygens (including phenoxy) is 1. The van der Waals surface area contributed by atoms with Gasteiger partial charge in [0, 0.05) is 42.3 Å². The summed E-state index contributed by atoms with van der Waals surface area (Å²) in [5.74, 6) is 0. The second-order valence-electron chi connectivity index (χ2n) is 3.71. The summed E-state index contributed by atoms with van der Waals surface area (Å²) in [6.45, 7) is 2.03. The lowest BCUT2D eigenvalue weighted by molar-refractivity contribution is 0.188. The van der Waals surface area contributed by atoms with Crippen LogP contribution in [-0.4, -0.2) is 18.3 Å². The highest BCUT2D eigenvalue weighted by atomic mass is 35.5. The van der Waals surface area contributed by atoms with Gasteiger partial charge in [-0.1, -0.05) is 17.7 Å². The quantitative estimate of drug-likeness (QED) is 0.889. The minimum atomic E-state index is 0.540. The zero-order valence-corrected chi connectivity index (χ0v) is 10.00. The van der Waals surface area contributed by atoms with Crippen molar-refractivity contribution in [2.75, 3.05) is 13.7 Å². The van der Waals surface area contributed by atoms with Crippen molar-refractivity contribution in [1.82, 2.24) is 4.57 Å². The first-order valence-corrected chi connectivity index (χ1v) is 5.60. The van der Waals surface area contributed by atoms with E-state index in [0.29, 0.717) is 13.2 Å². The summed E-state index contributed by atoms with van der Waals surface area (Å²) in [5.41, 5.74) is 7.98. The maximum absolute atomic E-state index is 6.00. The Morgan fingerprint density at radius 3 is 2.94 bits per heavy atom. The number of hydrogen-bond donors (Lipinski definition) is 1. The highest BCUT2D eigenvalue weighted by Gasteiger charge is 2.07. The molecule has 0 aliphatic heterocycles. The normalized spacial score (nSPS) is 11.2. The topological polar surface area (TPSA) is 40.2 Å². The molecule has 0 saturated heterocycles. The van der Waals surface area contributed by atoms with Crippen molar-refractivity contribution in [1.29, 1.82) is 0 Å². The van der Waals surface area contributed by atoms with Crippen LogP contribution in [0.25, 0.3) is 10.9 Å². The molecule has 0 bridgehead atoms. The third-order valence-electron chi connectivity index (χ3n) is 2.68. The Bertz CT molecular complexity index is 493. The lowest BCUT2D eigenvalue weighted by Crippen LogP contribution is -2.02. The Morgan fingerprint density at radius 1 is 1.44 bits per heavy atom. The van der Waals surface area contributed by atoms with Gasteiger partial charge in [-0.15, -0.1) is 0 Å². The van der Waals surface area contributed by atoms with Crippen LogP contribution in [0, 0.1) is 0 Å². The lowest BCUT2D eigenvalue weighted by Gasteiger charge is -2.04. The Hall–Kier alpha value is -1.03. The van der Waals surface area contributed by atoms with Crippen LogP contribution in [0.15, 0.2) is 24.4 Å². The second-order valence-corrected chi connectivity index (χ2v) is 4.14. The Morgan fingerprint density at radius 2 is 2.25 bits per heavy atom. The highest BCUT2D eigenvalue weighted by Crippen LogP contribution is 2.24. The molecule has 86 valence electrons. The smallest absolute Gasteiger partial charge is 0.0641 e. The molecular weight excluding hydrogens is 224 g/mol. The summed E-state index contributed by atoms with van der Waals surface area (Å²) in [5, 5.41) is 1.91. The summed E-state index contributed by atoms with van der Waals surface area (Å²) in [6, 6.07) is 5.87. The number of rotatable bonds is 4. The first-order chi connectivity index (χ1) is 7.76. The predicted molar refractivity (Wildman–Crippen MR) is 66.7 cm³/mol. The van der Waals surface area contributed by atoms with Crippen molar-refractivity contribution in [3.8, 4) is 0 Å². The van der Waals surface area contributed by atoms with Crippen LogP contribution in [0.2, 0.25) is 5.02 Å². The highest BCUT2D eigenvalue weighted by molar-refractivity contribution is 6.31. The van der Waals surface area contributed by atoms with Gasteiger partial charge in [0.05, 0.1) is 6.61 Å². The van der Waals surface area contributed by atoms with E-state index in [1.54, 1.807) is 7.11 Å². The predicted octanol–water partition coefficient (Wildman–Crippen LogP) is 2.40. The molecule has 0 fully saturated rings. The molecule has 4 heteroatoms. The molecule has 0 unspecified atom stereocenters. The van der Waals surface area contributed by atoms with Gasteiger partial charge in [0.2, 0.25) is 0 Å². The Balaban J connectivity index is 2.50. The largest absolute Gasteiger partial charge is 0.383 e. The van der Waals surface area contributed by atoms with Gasteiger partial charge in [0.15, 0.2) is 0 Å². The molecule has 2 aromatic rings. The molecule has 0 amide bonds. The van der Waals surface area contributed by atoms with Crippen LogP contribution in [0.3, 0.4) is 0 Å². The van der Waals surface area contributed by atoms with E-state index in [1.807, 2.05) is 18.2 Å². The van der Waals surface area contributed by atoms with Gasteiger partial charge >= 0.3 is 0 Å². The van der Waals surface area contributed by atoms with E-state index in [1.165, 1.54) is 5.39 Å². The van der Waals surface area contributed by atoms with Crippen LogP contribution >= 0.6 is 11.6 Å². The standard InChI is InChI=1S/C12H15ClN2O/c1-16-5-4-15-8-9(7-14)11-3-2-10(13)6-12(11)15/h2-3,6,8H,4-5,7,14H2,1H3. The summed E-state index contributed by atoms with van der Waals surface area (Å²) in [7, 11) is 1.70. The number of nitrogens with two attached hydrogens (primary N) is 1. The van der Waals surface area contributed by atoms with Gasteiger partial charge in [0.25, 0.3) is 0 Å². The van der Waals surface area contributed by atoms with E-state index < -0.39 is 0 Å². The van der Waals surface area contributed by atoms with Crippen LogP contribution in [0.1, 0.15) is 5.56 Å². The van der Waals surface area contributed by atoms with Crippen molar-refractivity contribution in [2.24, 2.45) is 5.73 Å². The number of halogens is 1. The molecule has 1 heterocycles. The monoisotopic (exact) mass is 238 g/mol. The number of methoxy groups -OCH3 is 1. The molecule has 16 heavy (non-hydrogen) atoms. The average molecular weight is 239 g/mol. The fraction of sp³-hybridized carbons (Fsp3) is 0.333. The van der Waals surface area contributed by atoms with Gasteiger partial charge in [0.1, 0.15) is 0 Å². The molecule has 0 spiro atoms. The maximum atomic E-state index is 6.00. The second kappa shape index (κ2) is 4.87. The van der Waals surface area contributed by atoms with Gasteiger partial charge in [-0.25, -0.2) is 0 Å². The van der Waals surface area contributed by atoms with E-state index in [4.69, 9.17) is 22.1 Å². The number of aromatic nitrogens is 1. The van der Waals surface area contributed by atoms with Crippen molar-refractivity contribution in [3.63, 3.8) is 0 Å². The molecule has 2 N–H and O–H groups in total. The van der Waals surface area contributed by atoms with Gasteiger partial charge in [-0.3, -0.25) is 0 Å². The summed E-state index contributed by atoms with van der Waals surface area (Å²) < 4.78 is 7.21. The minimum Gasteiger partial charge on any atom is -0.383 e. The fourth-order valence-electron chi connectivity index (χ4n) is 1.88. The molecule has 0 aliphatic rings. The third kappa shape index (κ3) is 2.07. The number of nitrogens with zero attached hydrogens (tertiary/aromatic N) is 1. The molecule has 3 nitrogen and oxygen atoms in total. The number of hydrogen-bond acceptors (Lipinski definition) is 2. The SMILES string of the molecule is COCCn1cc(CN)c2ccc(Cl)cc21. The first kappa shape index (κ1) is 11.5. The van der Waals surface area contributed by atoms with Gasteiger partial charge in [-0.2, -0.15) is 0 Å². The van der Waals surface area contributed by atoms with E-state index in [2.05, 4.69) is 10.8 Å². The molecular formula is C12H15ClN2O. The van der Waals surface area contributed by atoms with Crippen molar-refractivity contribution in [3.05, 3.63) is 35.0 Å². The van der Waals surface area contributed by atoms with Gasteiger partial charge in [-0.05, 0) is 17.7 Å². The van der Waals surface area contributed by atoms with Crippen molar-refractivity contribution in [2.45, 2.75) is 13.1 Å². The summed E-state index contributed by atoms with van der Waals surface area (Å²) in [6.07, 6.45) is 2.07. The van der Waals surface area contributed by atoms with Crippen molar-refractivity contribution >= 4 is 22.5 Å². The third-order valence-corrected chi connectivity index (χ3v) is 2.92. The average Bonchev–Trinajstić information content (AvgIpc) is 2.64. The van der Waals surface area contributed by atoms with E-state index in [0.717, 1.165) is 22.6 Å². The molecule has 0 atom stereocenters. The number of benzene rings is 1. The Labute approximate surface area is 99.7 Å². The van der Waals surface area contributed by atoms with E-state index >= 15 is 0 Å². The molecule has 0 saturated carbocycles. The van der Waals surface area contributed by atoms with Crippen LogP contribution in [0.4, 0.5) is 0 Å². The van der Waals surface area contributed by atoms with E-state index in [-0.39, 0.29) is 0 Å². The summed E-state index contributed by atoms with van der Waals surface area (Å²) >= 11 is 6.00. The Kier molecular flexibility index (Phi) is 3.49. The first-order valence-electron chi connectivity index (χ1n) is 5.22. The van der Waals surface area contributed by atoms with Gasteiger partial charge < -0.3 is 15.0 Å². The number of fused-ring (bicyclic) bond motifs is 1. The lowest BCUT2D eigenvalue weighted by atomic mass is 10.2. The minimum absolute atomic E-state index is 0.540. The van der Waals surface area contributed by atoms with Crippen molar-refractivity contribution < 1.29 is 4.74 Å². The molecule has 1 aromatic carbocycles. The maximum Gasteiger partial charge on any atom is 0.0641 e. The summed E-state index contributed by atoms with van der Waals surface area (Å²) in [4.78, 5) is 0. The van der Waals surface area contributed by atoms with Crippen LogP contribution in [0.5, 0.6) is 0 Å². The zero-order chi connectivity index (χ0) is 11.5. The van der Waals surface area contributed by atoms with E-state index in [9.17, 15) is 0 Å². The molecule has 0 radical (unpaired) electrons. The molecule has 2 rings (SSSR count). The molecule has 0 aliphatic carbocycles. The van der Waals surface area contributed by atoms with Crippen LogP contribution in [-0.2, 0) is 17.8 Å². The fourth-order valence-corrected chi connectivity index (χ4v) is 2.04. The zero-order valence-electron chi connectivity index (χ0n) is 9.24. The molecule has 1 aromatic heterocycles. The van der Waals surface area contributed by atoms with Crippen LogP contribution < -0.4 is 5.73 Å².